The lowest BCUT2D eigenvalue weighted by atomic mass is 10.1. The van der Waals surface area contributed by atoms with Crippen LogP contribution in [0.5, 0.6) is 0 Å². The van der Waals surface area contributed by atoms with Crippen LogP contribution < -0.4 is 5.73 Å². The van der Waals surface area contributed by atoms with Crippen molar-refractivity contribution in [1.29, 1.82) is 0 Å². The molecule has 0 aliphatic rings. The first-order chi connectivity index (χ1) is 9.16. The van der Waals surface area contributed by atoms with Gasteiger partial charge in [-0.25, -0.2) is 0 Å². The zero-order chi connectivity index (χ0) is 13.4. The van der Waals surface area contributed by atoms with E-state index in [0.717, 1.165) is 22.5 Å². The molecule has 3 N–H and O–H groups in total. The number of aryl methyl sites for hydroxylation is 1. The first-order valence-electron chi connectivity index (χ1n) is 5.68. The van der Waals surface area contributed by atoms with Crippen LogP contribution in [0.4, 0.5) is 5.69 Å². The van der Waals surface area contributed by atoms with Crippen LogP contribution in [0.15, 0.2) is 18.5 Å². The average Bonchev–Trinajstić information content (AvgIpc) is 2.97. The molecule has 8 nitrogen and oxygen atoms in total. The van der Waals surface area contributed by atoms with E-state index in [1.165, 1.54) is 0 Å². The van der Waals surface area contributed by atoms with Crippen molar-refractivity contribution in [3.63, 3.8) is 0 Å². The highest BCUT2D eigenvalue weighted by Gasteiger charge is 2.16. The molecule has 0 spiro atoms. The van der Waals surface area contributed by atoms with E-state index >= 15 is 0 Å². The third kappa shape index (κ3) is 1.82. The monoisotopic (exact) mass is 256 g/mol. The van der Waals surface area contributed by atoms with Gasteiger partial charge in [0.05, 0.1) is 17.1 Å². The van der Waals surface area contributed by atoms with Crippen LogP contribution in [0.1, 0.15) is 11.4 Å². The van der Waals surface area contributed by atoms with E-state index in [2.05, 4.69) is 30.7 Å². The number of tetrazole rings is 1. The van der Waals surface area contributed by atoms with E-state index in [1.807, 2.05) is 19.9 Å². The van der Waals surface area contributed by atoms with E-state index in [1.54, 1.807) is 17.1 Å². The fourth-order valence-corrected chi connectivity index (χ4v) is 2.10. The molecule has 96 valence electrons. The first-order valence-corrected chi connectivity index (χ1v) is 5.68. The maximum absolute atomic E-state index is 5.77. The molecule has 0 unspecified atom stereocenters. The van der Waals surface area contributed by atoms with E-state index in [0.29, 0.717) is 11.6 Å². The summed E-state index contributed by atoms with van der Waals surface area (Å²) in [6.07, 6.45) is 3.37. The molecule has 0 atom stereocenters. The predicted molar refractivity (Wildman–Crippen MR) is 68.4 cm³/mol. The Morgan fingerprint density at radius 3 is 2.79 bits per heavy atom. The molecule has 3 aromatic rings. The van der Waals surface area contributed by atoms with Gasteiger partial charge in [-0.15, -0.1) is 5.10 Å². The van der Waals surface area contributed by atoms with Crippen molar-refractivity contribution in [2.24, 2.45) is 0 Å². The highest BCUT2D eigenvalue weighted by molar-refractivity contribution is 5.70. The van der Waals surface area contributed by atoms with Gasteiger partial charge in [-0.05, 0) is 25.1 Å². The summed E-state index contributed by atoms with van der Waals surface area (Å²) in [6.45, 7) is 3.86. The largest absolute Gasteiger partial charge is 0.397 e. The second kappa shape index (κ2) is 4.16. The van der Waals surface area contributed by atoms with Crippen LogP contribution >= 0.6 is 0 Å². The van der Waals surface area contributed by atoms with Crippen molar-refractivity contribution < 1.29 is 0 Å². The highest BCUT2D eigenvalue weighted by Crippen LogP contribution is 2.28. The molecule has 19 heavy (non-hydrogen) atoms. The molecule has 0 saturated heterocycles. The number of aromatic nitrogens is 7. The molecule has 0 bridgehead atoms. The average molecular weight is 256 g/mol. The lowest BCUT2D eigenvalue weighted by Gasteiger charge is -2.02. The van der Waals surface area contributed by atoms with Gasteiger partial charge < -0.3 is 5.73 Å². The minimum Gasteiger partial charge on any atom is -0.397 e. The van der Waals surface area contributed by atoms with Crippen LogP contribution in [0, 0.1) is 13.8 Å². The summed E-state index contributed by atoms with van der Waals surface area (Å²) >= 11 is 0. The van der Waals surface area contributed by atoms with E-state index in [4.69, 9.17) is 5.73 Å². The van der Waals surface area contributed by atoms with Crippen molar-refractivity contribution in [2.75, 3.05) is 5.73 Å². The highest BCUT2D eigenvalue weighted by atomic mass is 15.5. The standard InChI is InChI=1S/C11H12N8/c1-6-10(8-3-9(12)5-13-4-8)7(2)19(16-6)11-14-17-18-15-11/h3-5H,12H2,1-2H3,(H,14,15,17,18). The fraction of sp³-hybridized carbons (Fsp3) is 0.182. The summed E-state index contributed by atoms with van der Waals surface area (Å²) in [7, 11) is 0. The number of nitrogens with two attached hydrogens (primary N) is 1. The molecule has 0 saturated carbocycles. The number of hydrogen-bond donors (Lipinski definition) is 2. The van der Waals surface area contributed by atoms with Crippen molar-refractivity contribution in [3.05, 3.63) is 29.8 Å². The summed E-state index contributed by atoms with van der Waals surface area (Å²) < 4.78 is 1.64. The molecular weight excluding hydrogens is 244 g/mol. The Bertz CT molecular complexity index is 712. The molecule has 0 radical (unpaired) electrons. The Balaban J connectivity index is 2.18. The molecular formula is C11H12N8. The van der Waals surface area contributed by atoms with Crippen molar-refractivity contribution in [3.8, 4) is 17.1 Å². The Hall–Kier alpha value is -2.77. The van der Waals surface area contributed by atoms with Gasteiger partial charge in [0.1, 0.15) is 0 Å². The van der Waals surface area contributed by atoms with Gasteiger partial charge in [0.15, 0.2) is 0 Å². The SMILES string of the molecule is Cc1nn(-c2nn[nH]n2)c(C)c1-c1cncc(N)c1. The van der Waals surface area contributed by atoms with Crippen LogP contribution in [0.2, 0.25) is 0 Å². The smallest absolute Gasteiger partial charge is 0.290 e. The van der Waals surface area contributed by atoms with E-state index in [-0.39, 0.29) is 0 Å². The summed E-state index contributed by atoms with van der Waals surface area (Å²) in [5.41, 5.74) is 10.0. The molecule has 3 heterocycles. The third-order valence-corrected chi connectivity index (χ3v) is 2.86. The minimum atomic E-state index is 0.406. The summed E-state index contributed by atoms with van der Waals surface area (Å²) in [6, 6.07) is 1.87. The van der Waals surface area contributed by atoms with Crippen molar-refractivity contribution in [1.82, 2.24) is 35.4 Å². The van der Waals surface area contributed by atoms with Gasteiger partial charge >= 0.3 is 0 Å². The van der Waals surface area contributed by atoms with Crippen LogP contribution in [-0.4, -0.2) is 35.4 Å². The maximum Gasteiger partial charge on any atom is 0.290 e. The second-order valence-corrected chi connectivity index (χ2v) is 4.18. The Morgan fingerprint density at radius 1 is 1.26 bits per heavy atom. The number of nitrogen functional groups attached to an aromatic ring is 1. The molecule has 0 amide bonds. The maximum atomic E-state index is 5.77. The molecule has 3 aromatic heterocycles. The Kier molecular flexibility index (Phi) is 2.48. The molecule has 0 aliphatic carbocycles. The van der Waals surface area contributed by atoms with Gasteiger partial charge in [-0.2, -0.15) is 15.0 Å². The summed E-state index contributed by atoms with van der Waals surface area (Å²) in [5, 5.41) is 18.2. The zero-order valence-corrected chi connectivity index (χ0v) is 10.5. The topological polar surface area (TPSA) is 111 Å². The van der Waals surface area contributed by atoms with Crippen molar-refractivity contribution in [2.45, 2.75) is 13.8 Å². The van der Waals surface area contributed by atoms with E-state index in [9.17, 15) is 0 Å². The predicted octanol–water partition coefficient (Wildman–Crippen LogP) is 0.646. The van der Waals surface area contributed by atoms with Gasteiger partial charge in [-0.1, -0.05) is 5.10 Å². The minimum absolute atomic E-state index is 0.406. The number of nitrogens with zero attached hydrogens (tertiary/aromatic N) is 6. The van der Waals surface area contributed by atoms with Gasteiger partial charge in [0.25, 0.3) is 5.95 Å². The van der Waals surface area contributed by atoms with Gasteiger partial charge in [-0.3, -0.25) is 4.98 Å². The first kappa shape index (κ1) is 11.3. The zero-order valence-electron chi connectivity index (χ0n) is 10.5. The van der Waals surface area contributed by atoms with Crippen molar-refractivity contribution >= 4 is 5.69 Å². The lowest BCUT2D eigenvalue weighted by Crippen LogP contribution is -2.01. The van der Waals surface area contributed by atoms with Gasteiger partial charge in [0.2, 0.25) is 0 Å². The van der Waals surface area contributed by atoms with E-state index < -0.39 is 0 Å². The summed E-state index contributed by atoms with van der Waals surface area (Å²) in [5.74, 6) is 0.406. The van der Waals surface area contributed by atoms with Crippen LogP contribution in [-0.2, 0) is 0 Å². The quantitative estimate of drug-likeness (QED) is 0.696. The molecule has 0 fully saturated rings. The van der Waals surface area contributed by atoms with Gasteiger partial charge in [0, 0.05) is 23.5 Å². The normalized spacial score (nSPS) is 10.8. The molecule has 0 aromatic carbocycles. The Morgan fingerprint density at radius 2 is 2.11 bits per heavy atom. The number of H-pyrrole nitrogens is 1. The number of hydrogen-bond acceptors (Lipinski definition) is 6. The lowest BCUT2D eigenvalue weighted by molar-refractivity contribution is 0.777. The third-order valence-electron chi connectivity index (χ3n) is 2.86. The number of pyridine rings is 1. The number of rotatable bonds is 2. The van der Waals surface area contributed by atoms with Crippen LogP contribution in [0.3, 0.4) is 0 Å². The Labute approximate surface area is 108 Å². The number of anilines is 1. The second-order valence-electron chi connectivity index (χ2n) is 4.18. The molecule has 0 aliphatic heterocycles. The molecule has 3 rings (SSSR count). The number of nitrogens with one attached hydrogen (secondary N) is 1. The van der Waals surface area contributed by atoms with Crippen LogP contribution in [0.25, 0.3) is 17.1 Å². The summed E-state index contributed by atoms with van der Waals surface area (Å²) in [4.78, 5) is 4.10. The molecule has 8 heteroatoms. The fourth-order valence-electron chi connectivity index (χ4n) is 2.10. The number of aromatic amines is 1.